The average Bonchev–Trinajstić information content (AvgIpc) is 3.22. The zero-order valence-electron chi connectivity index (χ0n) is 15.5. The van der Waals surface area contributed by atoms with Crippen molar-refractivity contribution in [2.75, 3.05) is 55.6 Å². The lowest BCUT2D eigenvalue weighted by Crippen LogP contribution is -2.52. The van der Waals surface area contributed by atoms with Crippen LogP contribution in [-0.4, -0.2) is 66.7 Å². The minimum Gasteiger partial charge on any atom is -0.371 e. The van der Waals surface area contributed by atoms with Crippen molar-refractivity contribution in [1.82, 2.24) is 20.2 Å². The van der Waals surface area contributed by atoms with Gasteiger partial charge in [-0.15, -0.1) is 0 Å². The number of hydrogen-bond donors (Lipinski definition) is 1. The summed E-state index contributed by atoms with van der Waals surface area (Å²) in [6.07, 6.45) is 6.27. The van der Waals surface area contributed by atoms with E-state index in [1.54, 1.807) is 18.6 Å². The topological polar surface area (TPSA) is 64.6 Å². The number of piperazine rings is 1. The Bertz CT molecular complexity index is 733. The summed E-state index contributed by atoms with van der Waals surface area (Å²) in [6, 6.07) is 10.5. The van der Waals surface area contributed by atoms with Crippen molar-refractivity contribution >= 4 is 17.5 Å². The number of anilines is 2. The van der Waals surface area contributed by atoms with Crippen molar-refractivity contribution in [2.24, 2.45) is 5.92 Å². The summed E-state index contributed by atoms with van der Waals surface area (Å²) in [6.45, 7) is 5.81. The Kier molecular flexibility index (Phi) is 5.37. The molecule has 0 unspecified atom stereocenters. The molecule has 2 aliphatic rings. The first-order chi connectivity index (χ1) is 13.3. The minimum absolute atomic E-state index is 0.0481. The predicted octanol–water partition coefficient (Wildman–Crippen LogP) is 1.83. The van der Waals surface area contributed by atoms with Gasteiger partial charge in [-0.2, -0.15) is 0 Å². The molecular formula is C20H26N6O. The fraction of sp³-hybridized carbons (Fsp3) is 0.450. The first-order valence-electron chi connectivity index (χ1n) is 9.63. The summed E-state index contributed by atoms with van der Waals surface area (Å²) in [5, 5.41) is 3.13. The highest BCUT2D eigenvalue weighted by Gasteiger charge is 2.25. The Morgan fingerprint density at radius 2 is 1.85 bits per heavy atom. The molecule has 1 N–H and O–H groups in total. The van der Waals surface area contributed by atoms with Crippen LogP contribution < -0.4 is 15.1 Å². The van der Waals surface area contributed by atoms with E-state index in [0.29, 0.717) is 19.0 Å². The first kappa shape index (κ1) is 17.6. The molecule has 0 bridgehead atoms. The second-order valence-electron chi connectivity index (χ2n) is 7.16. The molecule has 27 heavy (non-hydrogen) atoms. The van der Waals surface area contributed by atoms with E-state index in [4.69, 9.17) is 0 Å². The zero-order chi connectivity index (χ0) is 18.5. The van der Waals surface area contributed by atoms with Gasteiger partial charge in [0.25, 0.3) is 0 Å². The SMILES string of the molecule is O=C(NC[C@H]1CCN(c2ccccc2)C1)N1CCN(c2cnccn2)CC1. The first-order valence-corrected chi connectivity index (χ1v) is 9.63. The number of rotatable bonds is 4. The monoisotopic (exact) mass is 366 g/mol. The van der Waals surface area contributed by atoms with E-state index < -0.39 is 0 Å². The van der Waals surface area contributed by atoms with Gasteiger partial charge in [-0.3, -0.25) is 4.98 Å². The van der Waals surface area contributed by atoms with Gasteiger partial charge >= 0.3 is 6.03 Å². The average molecular weight is 366 g/mol. The standard InChI is InChI=1S/C20H26N6O/c27-20(25-12-10-24(11-13-25)19-15-21-7-8-22-19)23-14-17-6-9-26(16-17)18-4-2-1-3-5-18/h1-5,7-8,15,17H,6,9-14,16H2,(H,23,27)/t17-/m1/s1. The fourth-order valence-corrected chi connectivity index (χ4v) is 3.81. The van der Waals surface area contributed by atoms with Crippen molar-refractivity contribution in [3.05, 3.63) is 48.9 Å². The Balaban J connectivity index is 1.20. The summed E-state index contributed by atoms with van der Waals surface area (Å²) in [7, 11) is 0. The lowest BCUT2D eigenvalue weighted by Gasteiger charge is -2.35. The third-order valence-electron chi connectivity index (χ3n) is 5.39. The number of nitrogens with zero attached hydrogens (tertiary/aromatic N) is 5. The van der Waals surface area contributed by atoms with Crippen LogP contribution in [0.4, 0.5) is 16.3 Å². The molecular weight excluding hydrogens is 340 g/mol. The molecule has 7 heteroatoms. The molecule has 4 rings (SSSR count). The third kappa shape index (κ3) is 4.30. The number of urea groups is 1. The molecule has 0 saturated carbocycles. The van der Waals surface area contributed by atoms with Gasteiger partial charge in [-0.1, -0.05) is 18.2 Å². The highest BCUT2D eigenvalue weighted by molar-refractivity contribution is 5.74. The van der Waals surface area contributed by atoms with E-state index in [1.807, 2.05) is 11.0 Å². The number of aromatic nitrogens is 2. The van der Waals surface area contributed by atoms with Crippen LogP contribution >= 0.6 is 0 Å². The van der Waals surface area contributed by atoms with E-state index in [2.05, 4.69) is 49.4 Å². The second kappa shape index (κ2) is 8.24. The van der Waals surface area contributed by atoms with E-state index in [1.165, 1.54) is 5.69 Å². The van der Waals surface area contributed by atoms with Gasteiger partial charge in [0.2, 0.25) is 0 Å². The smallest absolute Gasteiger partial charge is 0.317 e. The number of benzene rings is 1. The number of para-hydroxylation sites is 1. The molecule has 1 aromatic heterocycles. The number of carbonyl (C=O) groups excluding carboxylic acids is 1. The minimum atomic E-state index is 0.0481. The van der Waals surface area contributed by atoms with Gasteiger partial charge in [0.15, 0.2) is 0 Å². The zero-order valence-corrected chi connectivity index (χ0v) is 15.5. The van der Waals surface area contributed by atoms with Crippen LogP contribution in [0, 0.1) is 5.92 Å². The molecule has 2 saturated heterocycles. The van der Waals surface area contributed by atoms with Crippen LogP contribution in [0.25, 0.3) is 0 Å². The van der Waals surface area contributed by atoms with Crippen LogP contribution in [0.5, 0.6) is 0 Å². The summed E-state index contributed by atoms with van der Waals surface area (Å²) < 4.78 is 0. The molecule has 0 radical (unpaired) electrons. The summed E-state index contributed by atoms with van der Waals surface area (Å²) in [4.78, 5) is 27.4. The van der Waals surface area contributed by atoms with Gasteiger partial charge in [-0.05, 0) is 24.5 Å². The molecule has 2 aromatic rings. The lowest BCUT2D eigenvalue weighted by molar-refractivity contribution is 0.192. The number of carbonyl (C=O) groups is 1. The Labute approximate surface area is 160 Å². The maximum atomic E-state index is 12.5. The molecule has 1 aromatic carbocycles. The van der Waals surface area contributed by atoms with Crippen LogP contribution in [0.2, 0.25) is 0 Å². The largest absolute Gasteiger partial charge is 0.371 e. The van der Waals surface area contributed by atoms with E-state index >= 15 is 0 Å². The molecule has 0 spiro atoms. The predicted molar refractivity (Wildman–Crippen MR) is 106 cm³/mol. The van der Waals surface area contributed by atoms with Gasteiger partial charge in [0, 0.05) is 63.9 Å². The van der Waals surface area contributed by atoms with Crippen LogP contribution in [-0.2, 0) is 0 Å². The third-order valence-corrected chi connectivity index (χ3v) is 5.39. The highest BCUT2D eigenvalue weighted by Crippen LogP contribution is 2.23. The Morgan fingerprint density at radius 1 is 1.04 bits per heavy atom. The van der Waals surface area contributed by atoms with Crippen LogP contribution in [0.3, 0.4) is 0 Å². The summed E-state index contributed by atoms with van der Waals surface area (Å²) in [5.74, 6) is 1.39. The molecule has 7 nitrogen and oxygen atoms in total. The van der Waals surface area contributed by atoms with Crippen molar-refractivity contribution in [1.29, 1.82) is 0 Å². The molecule has 2 fully saturated rings. The van der Waals surface area contributed by atoms with Gasteiger partial charge in [0.1, 0.15) is 5.82 Å². The van der Waals surface area contributed by atoms with Crippen molar-refractivity contribution in [2.45, 2.75) is 6.42 Å². The summed E-state index contributed by atoms with van der Waals surface area (Å²) in [5.41, 5.74) is 1.27. The van der Waals surface area contributed by atoms with Gasteiger partial charge < -0.3 is 20.0 Å². The summed E-state index contributed by atoms with van der Waals surface area (Å²) >= 11 is 0. The quantitative estimate of drug-likeness (QED) is 0.894. The molecule has 2 aliphatic heterocycles. The number of nitrogens with one attached hydrogen (secondary N) is 1. The maximum Gasteiger partial charge on any atom is 0.317 e. The number of amides is 2. The molecule has 0 aliphatic carbocycles. The Hall–Kier alpha value is -2.83. The van der Waals surface area contributed by atoms with E-state index in [0.717, 1.165) is 45.0 Å². The van der Waals surface area contributed by atoms with E-state index in [-0.39, 0.29) is 6.03 Å². The lowest BCUT2D eigenvalue weighted by atomic mass is 10.1. The molecule has 3 heterocycles. The Morgan fingerprint density at radius 3 is 2.59 bits per heavy atom. The fourth-order valence-electron chi connectivity index (χ4n) is 3.81. The second-order valence-corrected chi connectivity index (χ2v) is 7.16. The van der Waals surface area contributed by atoms with Crippen molar-refractivity contribution in [3.63, 3.8) is 0 Å². The van der Waals surface area contributed by atoms with Gasteiger partial charge in [-0.25, -0.2) is 9.78 Å². The van der Waals surface area contributed by atoms with Gasteiger partial charge in [0.05, 0.1) is 6.20 Å². The molecule has 1 atom stereocenters. The molecule has 2 amide bonds. The molecule has 142 valence electrons. The highest BCUT2D eigenvalue weighted by atomic mass is 16.2. The maximum absolute atomic E-state index is 12.5. The normalized spacial score (nSPS) is 20.0. The number of hydrogen-bond acceptors (Lipinski definition) is 5. The van der Waals surface area contributed by atoms with Crippen molar-refractivity contribution < 1.29 is 4.79 Å². The van der Waals surface area contributed by atoms with Crippen LogP contribution in [0.1, 0.15) is 6.42 Å². The van der Waals surface area contributed by atoms with E-state index in [9.17, 15) is 4.79 Å². The van der Waals surface area contributed by atoms with Crippen LogP contribution in [0.15, 0.2) is 48.9 Å². The van der Waals surface area contributed by atoms with Crippen molar-refractivity contribution in [3.8, 4) is 0 Å².